The number of rotatable bonds is 6. The molecule has 1 atom stereocenters. The monoisotopic (exact) mass is 319 g/mol. The number of nitrogens with zero attached hydrogens (tertiary/aromatic N) is 1. The summed E-state index contributed by atoms with van der Waals surface area (Å²) in [5.41, 5.74) is 2.49. The highest BCUT2D eigenvalue weighted by Crippen LogP contribution is 2.11. The highest BCUT2D eigenvalue weighted by molar-refractivity contribution is 5.99. The third kappa shape index (κ3) is 5.82. The standard InChI is InChI=1S/C16H21N3O4/c1-10(2)9-14(15(20)23-4)18-16(21)17-13-7-5-12(6-8-13)11(3)19-22/h5-8,14,22H,1,9H2,2-4H3,(H2,17,18,21). The summed E-state index contributed by atoms with van der Waals surface area (Å²) < 4.78 is 4.66. The molecule has 1 unspecified atom stereocenters. The van der Waals surface area contributed by atoms with Gasteiger partial charge in [0.2, 0.25) is 0 Å². The SMILES string of the molecule is C=C(C)CC(NC(=O)Nc1ccc(C(C)=NO)cc1)C(=O)OC. The molecule has 1 aromatic rings. The van der Waals surface area contributed by atoms with Gasteiger partial charge >= 0.3 is 12.0 Å². The first kappa shape index (κ1) is 18.2. The number of oxime groups is 1. The summed E-state index contributed by atoms with van der Waals surface area (Å²) >= 11 is 0. The number of benzene rings is 1. The minimum Gasteiger partial charge on any atom is -0.467 e. The van der Waals surface area contributed by atoms with Crippen molar-refractivity contribution in [2.24, 2.45) is 5.16 Å². The number of nitrogens with one attached hydrogen (secondary N) is 2. The largest absolute Gasteiger partial charge is 0.467 e. The quantitative estimate of drug-likeness (QED) is 0.246. The normalized spacial score (nSPS) is 12.2. The van der Waals surface area contributed by atoms with E-state index in [0.717, 1.165) is 11.1 Å². The fraction of sp³-hybridized carbons (Fsp3) is 0.312. The maximum atomic E-state index is 12.0. The third-order valence-corrected chi connectivity index (χ3v) is 3.05. The first-order valence-corrected chi connectivity index (χ1v) is 6.96. The Bertz CT molecular complexity index is 608. The maximum absolute atomic E-state index is 12.0. The van der Waals surface area contributed by atoms with Crippen molar-refractivity contribution in [3.05, 3.63) is 42.0 Å². The number of esters is 1. The van der Waals surface area contributed by atoms with Crippen molar-refractivity contribution in [2.45, 2.75) is 26.3 Å². The summed E-state index contributed by atoms with van der Waals surface area (Å²) in [6.45, 7) is 7.15. The zero-order chi connectivity index (χ0) is 17.4. The highest BCUT2D eigenvalue weighted by Gasteiger charge is 2.21. The van der Waals surface area contributed by atoms with Crippen molar-refractivity contribution >= 4 is 23.4 Å². The summed E-state index contributed by atoms with van der Waals surface area (Å²) in [7, 11) is 1.26. The maximum Gasteiger partial charge on any atom is 0.328 e. The van der Waals surface area contributed by atoms with E-state index in [4.69, 9.17) is 5.21 Å². The molecule has 2 amide bonds. The molecule has 0 bridgehead atoms. The smallest absolute Gasteiger partial charge is 0.328 e. The van der Waals surface area contributed by atoms with Gasteiger partial charge in [-0.1, -0.05) is 22.9 Å². The Kier molecular flexibility index (Phi) is 6.79. The van der Waals surface area contributed by atoms with Gasteiger partial charge in [-0.25, -0.2) is 9.59 Å². The molecule has 0 aliphatic heterocycles. The van der Waals surface area contributed by atoms with Gasteiger partial charge in [-0.05, 0) is 38.0 Å². The average Bonchev–Trinajstić information content (AvgIpc) is 2.52. The van der Waals surface area contributed by atoms with Crippen LogP contribution in [0.1, 0.15) is 25.8 Å². The van der Waals surface area contributed by atoms with E-state index < -0.39 is 18.0 Å². The molecule has 0 heterocycles. The average molecular weight is 319 g/mol. The number of methoxy groups -OCH3 is 1. The van der Waals surface area contributed by atoms with E-state index in [9.17, 15) is 9.59 Å². The summed E-state index contributed by atoms with van der Waals surface area (Å²) in [6.07, 6.45) is 0.297. The highest BCUT2D eigenvalue weighted by atomic mass is 16.5. The van der Waals surface area contributed by atoms with E-state index in [1.807, 2.05) is 0 Å². The molecule has 0 aromatic heterocycles. The molecule has 0 saturated carbocycles. The van der Waals surface area contributed by atoms with Crippen LogP contribution in [0, 0.1) is 0 Å². The number of carbonyl (C=O) groups is 2. The number of hydrogen-bond acceptors (Lipinski definition) is 5. The number of hydrogen-bond donors (Lipinski definition) is 3. The molecule has 23 heavy (non-hydrogen) atoms. The van der Waals surface area contributed by atoms with Crippen molar-refractivity contribution in [1.82, 2.24) is 5.32 Å². The molecular formula is C16H21N3O4. The predicted octanol–water partition coefficient (Wildman–Crippen LogP) is 2.51. The Morgan fingerprint density at radius 2 is 1.91 bits per heavy atom. The zero-order valence-corrected chi connectivity index (χ0v) is 13.4. The van der Waals surface area contributed by atoms with Crippen molar-refractivity contribution in [2.75, 3.05) is 12.4 Å². The van der Waals surface area contributed by atoms with Crippen LogP contribution in [0.5, 0.6) is 0 Å². The van der Waals surface area contributed by atoms with E-state index in [1.54, 1.807) is 38.1 Å². The number of urea groups is 1. The van der Waals surface area contributed by atoms with Gasteiger partial charge in [-0.3, -0.25) is 0 Å². The van der Waals surface area contributed by atoms with Crippen molar-refractivity contribution in [1.29, 1.82) is 0 Å². The lowest BCUT2D eigenvalue weighted by Gasteiger charge is -2.17. The second kappa shape index (κ2) is 8.57. The first-order chi connectivity index (χ1) is 10.9. The molecule has 0 fully saturated rings. The third-order valence-electron chi connectivity index (χ3n) is 3.05. The van der Waals surface area contributed by atoms with Crippen LogP contribution in [-0.2, 0) is 9.53 Å². The van der Waals surface area contributed by atoms with Crippen LogP contribution in [0.3, 0.4) is 0 Å². The van der Waals surface area contributed by atoms with Crippen molar-refractivity contribution in [3.8, 4) is 0 Å². The van der Waals surface area contributed by atoms with Gasteiger partial charge in [-0.15, -0.1) is 6.58 Å². The summed E-state index contributed by atoms with van der Waals surface area (Å²) in [5.74, 6) is -0.534. The van der Waals surface area contributed by atoms with Crippen molar-refractivity contribution in [3.63, 3.8) is 0 Å². The van der Waals surface area contributed by atoms with E-state index in [-0.39, 0.29) is 0 Å². The second-order valence-corrected chi connectivity index (χ2v) is 5.10. The Hall–Kier alpha value is -2.83. The summed E-state index contributed by atoms with van der Waals surface area (Å²) in [4.78, 5) is 23.6. The van der Waals surface area contributed by atoms with Gasteiger partial charge in [0, 0.05) is 5.69 Å². The minimum atomic E-state index is -0.791. The van der Waals surface area contributed by atoms with Crippen LogP contribution < -0.4 is 10.6 Å². The van der Waals surface area contributed by atoms with Gasteiger partial charge in [0.25, 0.3) is 0 Å². The van der Waals surface area contributed by atoms with E-state index >= 15 is 0 Å². The van der Waals surface area contributed by atoms with E-state index in [1.165, 1.54) is 7.11 Å². The number of ether oxygens (including phenoxy) is 1. The van der Waals surface area contributed by atoms with Crippen LogP contribution in [0.15, 0.2) is 41.6 Å². The number of anilines is 1. The number of carbonyl (C=O) groups excluding carboxylic acids is 2. The molecule has 0 spiro atoms. The molecule has 124 valence electrons. The van der Waals surface area contributed by atoms with Crippen LogP contribution in [0.4, 0.5) is 10.5 Å². The van der Waals surface area contributed by atoms with Gasteiger partial charge in [0.1, 0.15) is 6.04 Å². The van der Waals surface area contributed by atoms with E-state index in [2.05, 4.69) is 27.1 Å². The van der Waals surface area contributed by atoms with Gasteiger partial charge in [0.05, 0.1) is 12.8 Å². The lowest BCUT2D eigenvalue weighted by molar-refractivity contribution is -0.142. The summed E-state index contributed by atoms with van der Waals surface area (Å²) in [5, 5.41) is 17.0. The predicted molar refractivity (Wildman–Crippen MR) is 87.8 cm³/mol. The Balaban J connectivity index is 2.70. The fourth-order valence-electron chi connectivity index (χ4n) is 1.86. The molecule has 0 saturated heterocycles. The molecule has 1 aromatic carbocycles. The molecule has 7 heteroatoms. The lowest BCUT2D eigenvalue weighted by atomic mass is 10.1. The molecule has 7 nitrogen and oxygen atoms in total. The fourth-order valence-corrected chi connectivity index (χ4v) is 1.86. The Morgan fingerprint density at radius 3 is 2.39 bits per heavy atom. The van der Waals surface area contributed by atoms with Crippen LogP contribution >= 0.6 is 0 Å². The Labute approximate surface area is 135 Å². The van der Waals surface area contributed by atoms with Gasteiger partial charge in [0.15, 0.2) is 0 Å². The Morgan fingerprint density at radius 1 is 1.30 bits per heavy atom. The minimum absolute atomic E-state index is 0.297. The topological polar surface area (TPSA) is 100 Å². The second-order valence-electron chi connectivity index (χ2n) is 5.10. The van der Waals surface area contributed by atoms with E-state index in [0.29, 0.717) is 17.8 Å². The lowest BCUT2D eigenvalue weighted by Crippen LogP contribution is -2.43. The molecule has 0 aliphatic carbocycles. The molecule has 0 aliphatic rings. The van der Waals surface area contributed by atoms with Crippen LogP contribution in [0.2, 0.25) is 0 Å². The zero-order valence-electron chi connectivity index (χ0n) is 13.4. The van der Waals surface area contributed by atoms with Crippen LogP contribution in [-0.4, -0.2) is 36.1 Å². The van der Waals surface area contributed by atoms with Gasteiger partial charge in [-0.2, -0.15) is 0 Å². The molecular weight excluding hydrogens is 298 g/mol. The number of amides is 2. The molecule has 3 N–H and O–H groups in total. The van der Waals surface area contributed by atoms with Crippen molar-refractivity contribution < 1.29 is 19.5 Å². The van der Waals surface area contributed by atoms with Crippen LogP contribution in [0.25, 0.3) is 0 Å². The van der Waals surface area contributed by atoms with Gasteiger partial charge < -0.3 is 20.6 Å². The molecule has 0 radical (unpaired) electrons. The molecule has 1 rings (SSSR count). The summed E-state index contributed by atoms with van der Waals surface area (Å²) in [6, 6.07) is 5.42. The first-order valence-electron chi connectivity index (χ1n) is 6.96.